The Balaban J connectivity index is 1.19. The monoisotopic (exact) mass is 336 g/mol. The van der Waals surface area contributed by atoms with Gasteiger partial charge >= 0.3 is 0 Å². The summed E-state index contributed by atoms with van der Waals surface area (Å²) in [5.74, 6) is 1.00. The summed E-state index contributed by atoms with van der Waals surface area (Å²) in [5.41, 5.74) is 3.78. The van der Waals surface area contributed by atoms with E-state index in [1.165, 1.54) is 29.6 Å². The van der Waals surface area contributed by atoms with E-state index in [0.29, 0.717) is 6.10 Å². The van der Waals surface area contributed by atoms with E-state index in [4.69, 9.17) is 9.84 Å². The lowest BCUT2D eigenvalue weighted by Crippen LogP contribution is -2.37. The lowest BCUT2D eigenvalue weighted by Gasteiger charge is -2.31. The van der Waals surface area contributed by atoms with E-state index in [1.807, 2.05) is 6.20 Å². The first-order chi connectivity index (χ1) is 12.3. The van der Waals surface area contributed by atoms with Crippen molar-refractivity contribution in [2.75, 3.05) is 13.1 Å². The number of nitrogens with zero attached hydrogens (tertiary/aromatic N) is 3. The second kappa shape index (κ2) is 6.23. The highest BCUT2D eigenvalue weighted by atomic mass is 16.5. The minimum Gasteiger partial charge on any atom is -0.490 e. The van der Waals surface area contributed by atoms with Gasteiger partial charge in [0.15, 0.2) is 0 Å². The Labute approximate surface area is 147 Å². The van der Waals surface area contributed by atoms with Gasteiger partial charge in [0.05, 0.1) is 5.69 Å². The lowest BCUT2D eigenvalue weighted by molar-refractivity contribution is 0.0971. The quantitative estimate of drug-likeness (QED) is 0.795. The fourth-order valence-corrected chi connectivity index (χ4v) is 4.15. The molecule has 1 aromatic carbocycles. The van der Waals surface area contributed by atoms with Crippen molar-refractivity contribution < 1.29 is 4.74 Å². The SMILES string of the molecule is c1cc(OC2CCN(Cc3cc4n(n3)CCC4)CC2)c2cc[nH]c2c1. The molecular weight excluding hydrogens is 312 g/mol. The molecule has 5 nitrogen and oxygen atoms in total. The number of ether oxygens (including phenoxy) is 1. The standard InChI is InChI=1S/C20H24N4O/c1-4-19-18(6-9-21-19)20(5-1)25-17-7-11-23(12-8-17)14-15-13-16-3-2-10-24(16)22-15/h1,4-6,9,13,17,21H,2-3,7-8,10-12,14H2. The van der Waals surface area contributed by atoms with Crippen molar-refractivity contribution in [3.8, 4) is 5.75 Å². The third kappa shape index (κ3) is 2.93. The number of piperidine rings is 1. The summed E-state index contributed by atoms with van der Waals surface area (Å²) >= 11 is 0. The molecule has 3 aromatic rings. The molecule has 0 bridgehead atoms. The van der Waals surface area contributed by atoms with Crippen molar-refractivity contribution in [3.63, 3.8) is 0 Å². The van der Waals surface area contributed by atoms with Crippen molar-refractivity contribution in [1.29, 1.82) is 0 Å². The van der Waals surface area contributed by atoms with Gasteiger partial charge in [-0.25, -0.2) is 0 Å². The molecular formula is C20H24N4O. The Morgan fingerprint density at radius 1 is 1.16 bits per heavy atom. The summed E-state index contributed by atoms with van der Waals surface area (Å²) in [4.78, 5) is 5.76. The Morgan fingerprint density at radius 3 is 2.96 bits per heavy atom. The highest BCUT2D eigenvalue weighted by Crippen LogP contribution is 2.28. The summed E-state index contributed by atoms with van der Waals surface area (Å²) in [7, 11) is 0. The van der Waals surface area contributed by atoms with Gasteiger partial charge < -0.3 is 9.72 Å². The van der Waals surface area contributed by atoms with Gasteiger partial charge in [0.1, 0.15) is 11.9 Å². The second-order valence-corrected chi connectivity index (χ2v) is 7.24. The number of hydrogen-bond donors (Lipinski definition) is 1. The zero-order valence-corrected chi connectivity index (χ0v) is 14.4. The lowest BCUT2D eigenvalue weighted by atomic mass is 10.1. The molecule has 1 fully saturated rings. The summed E-state index contributed by atoms with van der Waals surface area (Å²) in [6.07, 6.45) is 6.88. The first-order valence-corrected chi connectivity index (χ1v) is 9.36. The van der Waals surface area contributed by atoms with Crippen LogP contribution in [-0.2, 0) is 19.5 Å². The summed E-state index contributed by atoms with van der Waals surface area (Å²) in [5, 5.41) is 5.92. The van der Waals surface area contributed by atoms with Gasteiger partial charge in [-0.2, -0.15) is 5.10 Å². The van der Waals surface area contributed by atoms with Crippen molar-refractivity contribution in [2.24, 2.45) is 0 Å². The van der Waals surface area contributed by atoms with E-state index >= 15 is 0 Å². The summed E-state index contributed by atoms with van der Waals surface area (Å²) in [6, 6.07) is 10.6. The molecule has 0 radical (unpaired) electrons. The van der Waals surface area contributed by atoms with Crippen LogP contribution in [-0.4, -0.2) is 38.9 Å². The zero-order valence-electron chi connectivity index (χ0n) is 14.4. The largest absolute Gasteiger partial charge is 0.490 e. The Bertz CT molecular complexity index is 851. The van der Waals surface area contributed by atoms with Crippen molar-refractivity contribution >= 4 is 10.9 Å². The molecule has 0 spiro atoms. The average Bonchev–Trinajstić information content (AvgIpc) is 3.32. The second-order valence-electron chi connectivity index (χ2n) is 7.24. The molecule has 1 N–H and O–H groups in total. The van der Waals surface area contributed by atoms with Gasteiger partial charge in [-0.1, -0.05) is 6.07 Å². The number of likely N-dealkylation sites (tertiary alicyclic amines) is 1. The Hall–Kier alpha value is -2.27. The Kier molecular flexibility index (Phi) is 3.74. The van der Waals surface area contributed by atoms with E-state index < -0.39 is 0 Å². The van der Waals surface area contributed by atoms with Crippen LogP contribution in [0.25, 0.3) is 10.9 Å². The minimum atomic E-state index is 0.309. The van der Waals surface area contributed by atoms with Crippen LogP contribution in [0.2, 0.25) is 0 Å². The van der Waals surface area contributed by atoms with Crippen LogP contribution in [0.3, 0.4) is 0 Å². The molecule has 2 aliphatic heterocycles. The average molecular weight is 336 g/mol. The predicted molar refractivity (Wildman–Crippen MR) is 97.8 cm³/mol. The van der Waals surface area contributed by atoms with E-state index in [1.54, 1.807) is 0 Å². The smallest absolute Gasteiger partial charge is 0.129 e. The van der Waals surface area contributed by atoms with Gasteiger partial charge in [-0.15, -0.1) is 0 Å². The number of fused-ring (bicyclic) bond motifs is 2. The van der Waals surface area contributed by atoms with E-state index in [2.05, 4.69) is 44.9 Å². The molecule has 0 unspecified atom stereocenters. The fraction of sp³-hybridized carbons (Fsp3) is 0.450. The van der Waals surface area contributed by atoms with E-state index in [9.17, 15) is 0 Å². The number of aromatic nitrogens is 3. The van der Waals surface area contributed by atoms with Gasteiger partial charge in [-0.3, -0.25) is 9.58 Å². The zero-order chi connectivity index (χ0) is 16.6. The molecule has 5 rings (SSSR count). The minimum absolute atomic E-state index is 0.309. The molecule has 5 heteroatoms. The van der Waals surface area contributed by atoms with E-state index in [-0.39, 0.29) is 0 Å². The third-order valence-electron chi connectivity index (χ3n) is 5.49. The molecule has 2 aromatic heterocycles. The molecule has 130 valence electrons. The first kappa shape index (κ1) is 15.0. The third-order valence-corrected chi connectivity index (χ3v) is 5.49. The molecule has 0 atom stereocenters. The maximum atomic E-state index is 6.31. The van der Waals surface area contributed by atoms with Gasteiger partial charge in [0.25, 0.3) is 0 Å². The molecule has 1 saturated heterocycles. The van der Waals surface area contributed by atoms with Crippen LogP contribution in [0.5, 0.6) is 5.75 Å². The number of hydrogen-bond acceptors (Lipinski definition) is 3. The van der Waals surface area contributed by atoms with Crippen LogP contribution in [0.4, 0.5) is 0 Å². The van der Waals surface area contributed by atoms with Crippen LogP contribution >= 0.6 is 0 Å². The maximum absolute atomic E-state index is 6.31. The number of nitrogens with one attached hydrogen (secondary N) is 1. The highest BCUT2D eigenvalue weighted by molar-refractivity contribution is 5.85. The predicted octanol–water partition coefficient (Wildman–Crippen LogP) is 3.35. The first-order valence-electron chi connectivity index (χ1n) is 9.36. The highest BCUT2D eigenvalue weighted by Gasteiger charge is 2.23. The number of aromatic amines is 1. The maximum Gasteiger partial charge on any atom is 0.129 e. The number of benzene rings is 1. The van der Waals surface area contributed by atoms with Gasteiger partial charge in [0, 0.05) is 49.0 Å². The van der Waals surface area contributed by atoms with Gasteiger partial charge in [0.2, 0.25) is 0 Å². The molecule has 4 heterocycles. The fourth-order valence-electron chi connectivity index (χ4n) is 4.15. The van der Waals surface area contributed by atoms with Crippen LogP contribution in [0.15, 0.2) is 36.5 Å². The number of aryl methyl sites for hydroxylation is 2. The Morgan fingerprint density at radius 2 is 2.08 bits per heavy atom. The molecule has 0 saturated carbocycles. The molecule has 2 aliphatic rings. The van der Waals surface area contributed by atoms with Crippen molar-refractivity contribution in [3.05, 3.63) is 47.9 Å². The molecule has 0 amide bonds. The van der Waals surface area contributed by atoms with Crippen LogP contribution < -0.4 is 4.74 Å². The molecule has 25 heavy (non-hydrogen) atoms. The summed E-state index contributed by atoms with van der Waals surface area (Å²) in [6.45, 7) is 4.22. The van der Waals surface area contributed by atoms with Crippen molar-refractivity contribution in [2.45, 2.75) is 44.9 Å². The van der Waals surface area contributed by atoms with Crippen LogP contribution in [0, 0.1) is 0 Å². The summed E-state index contributed by atoms with van der Waals surface area (Å²) < 4.78 is 8.49. The number of rotatable bonds is 4. The topological polar surface area (TPSA) is 46.1 Å². The normalized spacial score (nSPS) is 18.7. The van der Waals surface area contributed by atoms with Gasteiger partial charge in [-0.05, 0) is 49.9 Å². The molecule has 0 aliphatic carbocycles. The number of H-pyrrole nitrogens is 1. The van der Waals surface area contributed by atoms with E-state index in [0.717, 1.165) is 50.3 Å². The van der Waals surface area contributed by atoms with Crippen LogP contribution in [0.1, 0.15) is 30.7 Å². The van der Waals surface area contributed by atoms with Crippen molar-refractivity contribution in [1.82, 2.24) is 19.7 Å².